The number of ketones is 1. The third-order valence-electron chi connectivity index (χ3n) is 11.6. The second-order valence-corrected chi connectivity index (χ2v) is 18.3. The van der Waals surface area contributed by atoms with Crippen molar-refractivity contribution in [3.05, 3.63) is 42.1 Å². The summed E-state index contributed by atoms with van der Waals surface area (Å²) in [6, 6.07) is 7.45. The second kappa shape index (κ2) is 18.9. The van der Waals surface area contributed by atoms with Crippen LogP contribution in [0.4, 0.5) is 0 Å². The number of hydrogen-bond acceptors (Lipinski definition) is 13. The lowest BCUT2D eigenvalue weighted by molar-refractivity contribution is -0.296. The molecule has 0 aliphatic carbocycles. The van der Waals surface area contributed by atoms with Gasteiger partial charge in [-0.15, -0.1) is 0 Å². The molecule has 3 N–H and O–H groups in total. The number of aliphatic hydroxyl groups excluding tert-OH is 1. The lowest BCUT2D eigenvalue weighted by atomic mass is 9.73. The van der Waals surface area contributed by atoms with Gasteiger partial charge in [-0.05, 0) is 84.7 Å². The number of hydrogen-bond donors (Lipinski definition) is 3. The molecule has 15 nitrogen and oxygen atoms in total. The van der Waals surface area contributed by atoms with Crippen molar-refractivity contribution in [2.75, 3.05) is 27.3 Å². The van der Waals surface area contributed by atoms with Crippen LogP contribution in [0.15, 0.2) is 52.0 Å². The zero-order valence-electron chi connectivity index (χ0n) is 35.1. The molecule has 5 unspecified atom stereocenters. The Morgan fingerprint density at radius 3 is 2.32 bits per heavy atom. The molecular weight excluding hydrogens is 759 g/mol. The number of Topliss-reactive ketones (excluding diaryl/α,β-unsaturated/α-hetero) is 1. The molecule has 3 aliphatic rings. The summed E-state index contributed by atoms with van der Waals surface area (Å²) in [6.45, 7) is 14.2. The van der Waals surface area contributed by atoms with E-state index < -0.39 is 93.3 Å². The lowest BCUT2D eigenvalue weighted by Gasteiger charge is -2.47. The fourth-order valence-corrected chi connectivity index (χ4v) is 9.46. The van der Waals surface area contributed by atoms with Crippen molar-refractivity contribution in [3.8, 4) is 0 Å². The van der Waals surface area contributed by atoms with Crippen molar-refractivity contribution >= 4 is 33.4 Å². The number of amides is 1. The number of carbonyl (C=O) groups excluding carboxylic acids is 3. The van der Waals surface area contributed by atoms with E-state index in [1.807, 2.05) is 32.8 Å². The summed E-state index contributed by atoms with van der Waals surface area (Å²) in [5, 5.41) is 24.0. The third-order valence-corrected chi connectivity index (χ3v) is 13.0. The average Bonchev–Trinajstić information content (AvgIpc) is 3.16. The normalized spacial score (nSPS) is 39.2. The van der Waals surface area contributed by atoms with Crippen LogP contribution in [0.2, 0.25) is 0 Å². The Morgan fingerprint density at radius 1 is 1.07 bits per heavy atom. The Morgan fingerprint density at radius 2 is 1.72 bits per heavy atom. The molecule has 1 aromatic carbocycles. The maximum atomic E-state index is 14.5. The van der Waals surface area contributed by atoms with E-state index in [9.17, 15) is 33.0 Å². The van der Waals surface area contributed by atoms with Gasteiger partial charge in [0, 0.05) is 36.7 Å². The monoisotopic (exact) mass is 821 g/mol. The molecule has 16 heteroatoms. The van der Waals surface area contributed by atoms with E-state index in [0.29, 0.717) is 17.7 Å². The van der Waals surface area contributed by atoms with Crippen LogP contribution >= 0.6 is 0 Å². The molecule has 0 radical (unpaired) electrons. The number of likely N-dealkylation sites (N-methyl/N-ethyl adjacent to an activating group) is 1. The van der Waals surface area contributed by atoms with Crippen molar-refractivity contribution in [1.29, 1.82) is 0 Å². The number of rotatable bonds is 7. The SMILES string of the molecule is CC[C@@H]1OC(=O)[C@H](C)C(=O)[C@H](C)C(O[C@@H]2O[C@H](C)C[C@H](N(C)C)C2O)[C@@]2(C)CC(C)C(=NC(C)=O)C(C)C(OC/C(=C/NS(=O)(=O)c3ccccc3)CO2)[C@]1(C)O. The van der Waals surface area contributed by atoms with Gasteiger partial charge in [0.25, 0.3) is 10.0 Å². The second-order valence-electron chi connectivity index (χ2n) is 16.6. The number of esters is 1. The number of sulfonamides is 1. The Bertz CT molecular complexity index is 1750. The van der Waals surface area contributed by atoms with Crippen molar-refractivity contribution in [1.82, 2.24) is 9.62 Å². The maximum Gasteiger partial charge on any atom is 0.316 e. The van der Waals surface area contributed by atoms with E-state index in [0.717, 1.165) is 0 Å². The van der Waals surface area contributed by atoms with Gasteiger partial charge in [-0.2, -0.15) is 0 Å². The minimum atomic E-state index is -4.04. The zero-order valence-corrected chi connectivity index (χ0v) is 35.9. The highest BCUT2D eigenvalue weighted by Crippen LogP contribution is 2.40. The smallest absolute Gasteiger partial charge is 0.316 e. The first-order valence-electron chi connectivity index (χ1n) is 19.8. The van der Waals surface area contributed by atoms with Crippen LogP contribution in [0.25, 0.3) is 0 Å². The lowest BCUT2D eigenvalue weighted by Crippen LogP contribution is -2.60. The summed E-state index contributed by atoms with van der Waals surface area (Å²) in [5.41, 5.74) is -2.72. The van der Waals surface area contributed by atoms with E-state index >= 15 is 0 Å². The molecule has 0 aromatic heterocycles. The Balaban J connectivity index is 1.98. The Hall–Kier alpha value is -3.09. The first-order chi connectivity index (χ1) is 26.5. The van der Waals surface area contributed by atoms with Gasteiger partial charge in [-0.1, -0.05) is 45.9 Å². The maximum absolute atomic E-state index is 14.5. The molecule has 3 saturated heterocycles. The van der Waals surface area contributed by atoms with Crippen LogP contribution in [-0.4, -0.2) is 128 Å². The molecule has 57 heavy (non-hydrogen) atoms. The molecule has 320 valence electrons. The fraction of sp³-hybridized carbons (Fsp3) is 0.707. The number of nitrogens with zero attached hydrogens (tertiary/aromatic N) is 2. The predicted octanol–water partition coefficient (Wildman–Crippen LogP) is 3.41. The Kier molecular flexibility index (Phi) is 15.4. The molecule has 0 saturated carbocycles. The zero-order chi connectivity index (χ0) is 42.6. The van der Waals surface area contributed by atoms with Gasteiger partial charge in [0.1, 0.15) is 23.7 Å². The predicted molar refractivity (Wildman–Crippen MR) is 211 cm³/mol. The summed E-state index contributed by atoms with van der Waals surface area (Å²) in [6.07, 6.45) is -4.26. The number of cyclic esters (lactones) is 1. The molecule has 13 atom stereocenters. The van der Waals surface area contributed by atoms with E-state index in [4.69, 9.17) is 23.7 Å². The van der Waals surface area contributed by atoms with Crippen LogP contribution in [0, 0.1) is 23.7 Å². The molecule has 2 bridgehead atoms. The summed E-state index contributed by atoms with van der Waals surface area (Å²) >= 11 is 0. The molecule has 3 fully saturated rings. The molecule has 0 spiro atoms. The first kappa shape index (κ1) is 46.6. The van der Waals surface area contributed by atoms with Crippen LogP contribution in [0.5, 0.6) is 0 Å². The highest BCUT2D eigenvalue weighted by atomic mass is 32.2. The summed E-state index contributed by atoms with van der Waals surface area (Å²) in [4.78, 5) is 47.4. The van der Waals surface area contributed by atoms with Crippen molar-refractivity contribution in [3.63, 3.8) is 0 Å². The third kappa shape index (κ3) is 10.8. The van der Waals surface area contributed by atoms with Crippen LogP contribution in [0.3, 0.4) is 0 Å². The van der Waals surface area contributed by atoms with Crippen molar-refractivity contribution < 1.29 is 56.7 Å². The number of fused-ring (bicyclic) bond motifs is 5. The van der Waals surface area contributed by atoms with Gasteiger partial charge in [-0.3, -0.25) is 19.1 Å². The molecule has 1 aromatic rings. The first-order valence-corrected chi connectivity index (χ1v) is 21.2. The van der Waals surface area contributed by atoms with Crippen molar-refractivity contribution in [2.45, 2.75) is 141 Å². The summed E-state index contributed by atoms with van der Waals surface area (Å²) < 4.78 is 61.5. The van der Waals surface area contributed by atoms with E-state index in [-0.39, 0.29) is 43.1 Å². The standard InChI is InChI=1S/C41H63N3O12S/c1-12-32-41(9,49)37-25(4)33(43-28(7)45)23(2)19-40(8,53-22-29(21-52-37)20-42-57(50,51)30-16-14-13-15-17-30)36(26(5)34(46)27(6)38(48)55-32)56-39-35(47)31(44(10)11)18-24(3)54-39/h13-17,20,23-27,31-32,35-37,39,42,47,49H,12,18-19,21-22H2,1-11H3/b29-20-,43-33?/t23?,24-,25?,26+,27-,31+,32+,35?,36?,37?,39+,40-,41-/m1/s1. The van der Waals surface area contributed by atoms with Crippen LogP contribution in [-0.2, 0) is 48.1 Å². The van der Waals surface area contributed by atoms with Gasteiger partial charge in [0.2, 0.25) is 5.91 Å². The van der Waals surface area contributed by atoms with Crippen LogP contribution < -0.4 is 4.72 Å². The number of aliphatic hydroxyl groups is 2. The average molecular weight is 822 g/mol. The van der Waals surface area contributed by atoms with E-state index in [1.54, 1.807) is 45.9 Å². The van der Waals surface area contributed by atoms with Crippen LogP contribution in [0.1, 0.15) is 81.6 Å². The summed E-state index contributed by atoms with van der Waals surface area (Å²) in [7, 11) is -0.363. The van der Waals surface area contributed by atoms with Gasteiger partial charge in [-0.25, -0.2) is 13.4 Å². The number of benzene rings is 1. The van der Waals surface area contributed by atoms with Gasteiger partial charge >= 0.3 is 5.97 Å². The highest BCUT2D eigenvalue weighted by Gasteiger charge is 2.53. The van der Waals surface area contributed by atoms with Gasteiger partial charge in [0.05, 0.1) is 42.0 Å². The molecular formula is C41H63N3O12S. The van der Waals surface area contributed by atoms with E-state index in [2.05, 4.69) is 9.71 Å². The quantitative estimate of drug-likeness (QED) is 0.267. The Labute approximate surface area is 337 Å². The molecule has 3 heterocycles. The molecule has 3 aliphatic heterocycles. The molecule has 4 rings (SSSR count). The highest BCUT2D eigenvalue weighted by molar-refractivity contribution is 7.89. The fourth-order valence-electron chi connectivity index (χ4n) is 8.49. The number of carbonyl (C=O) groups is 3. The number of aliphatic imine (C=N–C) groups is 1. The minimum absolute atomic E-state index is 0.0238. The molecule has 1 amide bonds. The number of ether oxygens (including phenoxy) is 5. The van der Waals surface area contributed by atoms with E-state index in [1.165, 1.54) is 39.1 Å². The largest absolute Gasteiger partial charge is 0.459 e. The van der Waals surface area contributed by atoms with Crippen molar-refractivity contribution in [2.24, 2.45) is 28.7 Å². The van der Waals surface area contributed by atoms with Gasteiger partial charge < -0.3 is 38.8 Å². The topological polar surface area (TPSA) is 200 Å². The van der Waals surface area contributed by atoms with Gasteiger partial charge in [0.15, 0.2) is 12.1 Å². The number of nitrogens with one attached hydrogen (secondary N) is 1. The summed E-state index contributed by atoms with van der Waals surface area (Å²) in [5.74, 6) is -5.63. The minimum Gasteiger partial charge on any atom is -0.459 e.